The van der Waals surface area contributed by atoms with E-state index in [1.165, 1.54) is 10.8 Å². The molecule has 0 unspecified atom stereocenters. The first kappa shape index (κ1) is 19.3. The largest absolute Gasteiger partial charge is 0.456 e. The highest BCUT2D eigenvalue weighted by Crippen LogP contribution is 2.21. The normalized spacial score (nSPS) is 13.8. The maximum Gasteiger partial charge on any atom is 0.333 e. The summed E-state index contributed by atoms with van der Waals surface area (Å²) in [6.07, 6.45) is 1.20. The minimum absolute atomic E-state index is 0.142. The fourth-order valence-corrected chi connectivity index (χ4v) is 2.94. The topological polar surface area (TPSA) is 60.3 Å². The Kier molecular flexibility index (Phi) is 6.05. The molecule has 144 valence electrons. The Morgan fingerprint density at radius 3 is 2.78 bits per heavy atom. The van der Waals surface area contributed by atoms with Gasteiger partial charge in [0, 0.05) is 18.8 Å². The number of ether oxygens (including phenoxy) is 1. The van der Waals surface area contributed by atoms with Crippen LogP contribution in [-0.2, 0) is 35.6 Å². The van der Waals surface area contributed by atoms with Gasteiger partial charge in [-0.25, -0.2) is 18.6 Å². The Hall–Kier alpha value is -2.48. The van der Waals surface area contributed by atoms with Crippen LogP contribution in [0.15, 0.2) is 36.2 Å². The standard InChI is InChI=1S/C18H19ClF2N4O2/c1-2-13-5-14(25(23-13)10-17(20)21)9-24(15-6-18(26)27-11-15)8-12-3-4-16(19)22-7-12/h3-7,17H,2,8-11H2,1H3. The van der Waals surface area contributed by atoms with Crippen LogP contribution in [0.2, 0.25) is 5.15 Å². The summed E-state index contributed by atoms with van der Waals surface area (Å²) in [5, 5.41) is 4.63. The van der Waals surface area contributed by atoms with Crippen LogP contribution in [0.4, 0.5) is 8.78 Å². The number of aromatic nitrogens is 3. The number of pyridine rings is 1. The summed E-state index contributed by atoms with van der Waals surface area (Å²) in [6.45, 7) is 2.32. The molecule has 3 heterocycles. The van der Waals surface area contributed by atoms with Crippen LogP contribution in [0.25, 0.3) is 0 Å². The van der Waals surface area contributed by atoms with Crippen LogP contribution in [0.1, 0.15) is 23.9 Å². The van der Waals surface area contributed by atoms with E-state index in [4.69, 9.17) is 16.3 Å². The molecule has 0 atom stereocenters. The molecule has 0 saturated heterocycles. The van der Waals surface area contributed by atoms with Gasteiger partial charge in [-0.1, -0.05) is 24.6 Å². The van der Waals surface area contributed by atoms with E-state index in [-0.39, 0.29) is 6.61 Å². The van der Waals surface area contributed by atoms with E-state index >= 15 is 0 Å². The minimum atomic E-state index is -2.50. The van der Waals surface area contributed by atoms with Crippen molar-refractivity contribution in [2.75, 3.05) is 6.61 Å². The van der Waals surface area contributed by atoms with Gasteiger partial charge >= 0.3 is 5.97 Å². The monoisotopic (exact) mass is 396 g/mol. The maximum atomic E-state index is 12.9. The van der Waals surface area contributed by atoms with Gasteiger partial charge in [-0.3, -0.25) is 4.68 Å². The number of cyclic esters (lactones) is 1. The molecule has 2 aromatic rings. The molecule has 0 fully saturated rings. The summed E-state index contributed by atoms with van der Waals surface area (Å²) in [7, 11) is 0. The Balaban J connectivity index is 1.87. The third-order valence-corrected chi connectivity index (χ3v) is 4.38. The van der Waals surface area contributed by atoms with Crippen molar-refractivity contribution in [3.05, 3.63) is 58.3 Å². The Bertz CT molecular complexity index is 836. The predicted molar refractivity (Wildman–Crippen MR) is 95.1 cm³/mol. The molecule has 2 aromatic heterocycles. The number of hydrogen-bond donors (Lipinski definition) is 0. The second kappa shape index (κ2) is 8.47. The van der Waals surface area contributed by atoms with E-state index in [0.29, 0.717) is 36.1 Å². The minimum Gasteiger partial charge on any atom is -0.456 e. The van der Waals surface area contributed by atoms with Crippen molar-refractivity contribution in [3.8, 4) is 0 Å². The molecule has 1 aliphatic rings. The lowest BCUT2D eigenvalue weighted by Crippen LogP contribution is -2.25. The number of aryl methyl sites for hydroxylation is 1. The van der Waals surface area contributed by atoms with Crippen LogP contribution in [0, 0.1) is 0 Å². The van der Waals surface area contributed by atoms with E-state index in [0.717, 1.165) is 11.3 Å². The van der Waals surface area contributed by atoms with Crippen LogP contribution in [-0.4, -0.2) is 38.7 Å². The fraction of sp³-hybridized carbons (Fsp3) is 0.389. The number of alkyl halides is 2. The molecule has 0 spiro atoms. The summed E-state index contributed by atoms with van der Waals surface area (Å²) in [5.74, 6) is -0.417. The number of halogens is 3. The average Bonchev–Trinajstić information content (AvgIpc) is 3.22. The van der Waals surface area contributed by atoms with Crippen molar-refractivity contribution >= 4 is 17.6 Å². The van der Waals surface area contributed by atoms with Crippen LogP contribution < -0.4 is 0 Å². The van der Waals surface area contributed by atoms with Gasteiger partial charge in [0.1, 0.15) is 18.3 Å². The molecule has 27 heavy (non-hydrogen) atoms. The number of esters is 1. The highest BCUT2D eigenvalue weighted by molar-refractivity contribution is 6.29. The lowest BCUT2D eigenvalue weighted by molar-refractivity contribution is -0.135. The number of rotatable bonds is 8. The van der Waals surface area contributed by atoms with Crippen molar-refractivity contribution in [1.29, 1.82) is 0 Å². The van der Waals surface area contributed by atoms with Crippen molar-refractivity contribution in [3.63, 3.8) is 0 Å². The SMILES string of the molecule is CCc1cc(CN(Cc2ccc(Cl)nc2)C2=CC(=O)OC2)n(CC(F)F)n1. The summed E-state index contributed by atoms with van der Waals surface area (Å²) in [4.78, 5) is 17.5. The summed E-state index contributed by atoms with van der Waals surface area (Å²) in [6, 6.07) is 5.32. The quantitative estimate of drug-likeness (QED) is 0.506. The van der Waals surface area contributed by atoms with E-state index in [1.54, 1.807) is 12.3 Å². The second-order valence-electron chi connectivity index (χ2n) is 6.14. The highest BCUT2D eigenvalue weighted by atomic mass is 35.5. The van der Waals surface area contributed by atoms with E-state index in [2.05, 4.69) is 10.1 Å². The number of hydrogen-bond acceptors (Lipinski definition) is 5. The molecule has 3 rings (SSSR count). The molecular formula is C18H19ClF2N4O2. The Labute approximate surface area is 160 Å². The second-order valence-corrected chi connectivity index (χ2v) is 6.53. The zero-order valence-electron chi connectivity index (χ0n) is 14.7. The van der Waals surface area contributed by atoms with Gasteiger partial charge in [0.05, 0.1) is 23.6 Å². The molecule has 0 saturated carbocycles. The molecule has 6 nitrogen and oxygen atoms in total. The zero-order valence-corrected chi connectivity index (χ0v) is 15.5. The van der Waals surface area contributed by atoms with Gasteiger partial charge in [-0.05, 0) is 24.1 Å². The molecule has 9 heteroatoms. The van der Waals surface area contributed by atoms with Gasteiger partial charge in [0.2, 0.25) is 0 Å². The first-order chi connectivity index (χ1) is 12.9. The van der Waals surface area contributed by atoms with Crippen molar-refractivity contribution in [2.45, 2.75) is 39.4 Å². The van der Waals surface area contributed by atoms with Gasteiger partial charge in [0.25, 0.3) is 6.43 Å². The number of carbonyl (C=O) groups is 1. The van der Waals surface area contributed by atoms with Crippen molar-refractivity contribution < 1.29 is 18.3 Å². The van der Waals surface area contributed by atoms with Gasteiger partial charge in [0.15, 0.2) is 0 Å². The van der Waals surface area contributed by atoms with Crippen molar-refractivity contribution in [2.24, 2.45) is 0 Å². The van der Waals surface area contributed by atoms with E-state index < -0.39 is 18.9 Å². The highest BCUT2D eigenvalue weighted by Gasteiger charge is 2.22. The summed E-state index contributed by atoms with van der Waals surface area (Å²) < 4.78 is 32.2. The Morgan fingerprint density at radius 2 is 2.19 bits per heavy atom. The molecule has 0 N–H and O–H groups in total. The van der Waals surface area contributed by atoms with Crippen molar-refractivity contribution in [1.82, 2.24) is 19.7 Å². The first-order valence-electron chi connectivity index (χ1n) is 8.51. The third kappa shape index (κ3) is 5.03. The zero-order chi connectivity index (χ0) is 19.4. The number of carbonyl (C=O) groups excluding carboxylic acids is 1. The molecule has 1 aliphatic heterocycles. The fourth-order valence-electron chi connectivity index (χ4n) is 2.83. The van der Waals surface area contributed by atoms with Crippen LogP contribution >= 0.6 is 11.6 Å². The molecular weight excluding hydrogens is 378 g/mol. The lowest BCUT2D eigenvalue weighted by Gasteiger charge is -2.25. The molecule has 0 amide bonds. The molecule has 0 bridgehead atoms. The Morgan fingerprint density at radius 1 is 1.37 bits per heavy atom. The van der Waals surface area contributed by atoms with Crippen LogP contribution in [0.3, 0.4) is 0 Å². The first-order valence-corrected chi connectivity index (χ1v) is 8.89. The predicted octanol–water partition coefficient (Wildman–Crippen LogP) is 3.20. The average molecular weight is 397 g/mol. The number of nitrogens with zero attached hydrogens (tertiary/aromatic N) is 4. The molecule has 0 aromatic carbocycles. The maximum absolute atomic E-state index is 12.9. The smallest absolute Gasteiger partial charge is 0.333 e. The van der Waals surface area contributed by atoms with Gasteiger partial charge in [-0.2, -0.15) is 5.10 Å². The summed E-state index contributed by atoms with van der Waals surface area (Å²) >= 11 is 5.83. The lowest BCUT2D eigenvalue weighted by atomic mass is 10.2. The third-order valence-electron chi connectivity index (χ3n) is 4.15. The van der Waals surface area contributed by atoms with E-state index in [1.807, 2.05) is 24.0 Å². The van der Waals surface area contributed by atoms with Gasteiger partial charge in [-0.15, -0.1) is 0 Å². The van der Waals surface area contributed by atoms with Crippen LogP contribution in [0.5, 0.6) is 0 Å². The molecule has 0 radical (unpaired) electrons. The van der Waals surface area contributed by atoms with E-state index in [9.17, 15) is 13.6 Å². The summed E-state index contributed by atoms with van der Waals surface area (Å²) in [5.41, 5.74) is 2.94. The van der Waals surface area contributed by atoms with Gasteiger partial charge < -0.3 is 9.64 Å². The molecule has 0 aliphatic carbocycles.